The first-order valence-electron chi connectivity index (χ1n) is 6.23. The van der Waals surface area contributed by atoms with Crippen molar-refractivity contribution in [3.63, 3.8) is 0 Å². The van der Waals surface area contributed by atoms with E-state index in [2.05, 4.69) is 5.32 Å². The molecule has 0 aliphatic rings. The lowest BCUT2D eigenvalue weighted by atomic mass is 10.2. The molecule has 2 unspecified atom stereocenters. The molecule has 1 aromatic carbocycles. The average Bonchev–Trinajstić information content (AvgIpc) is 2.37. The van der Waals surface area contributed by atoms with E-state index < -0.39 is 15.1 Å². The van der Waals surface area contributed by atoms with Gasteiger partial charge in [-0.3, -0.25) is 0 Å². The Kier molecular flexibility index (Phi) is 6.12. The van der Waals surface area contributed by atoms with Gasteiger partial charge < -0.3 is 5.32 Å². The number of sulfone groups is 1. The van der Waals surface area contributed by atoms with Crippen LogP contribution in [0.5, 0.6) is 0 Å². The molecule has 1 aromatic rings. The molecule has 3 nitrogen and oxygen atoms in total. The van der Waals surface area contributed by atoms with Crippen LogP contribution in [0.25, 0.3) is 0 Å². The van der Waals surface area contributed by atoms with Crippen molar-refractivity contribution in [3.8, 4) is 0 Å². The Morgan fingerprint density at radius 3 is 2.37 bits per heavy atom. The molecule has 0 fully saturated rings. The summed E-state index contributed by atoms with van der Waals surface area (Å²) in [4.78, 5) is 0.208. The molecule has 6 heteroatoms. The van der Waals surface area contributed by atoms with Gasteiger partial charge in [-0.2, -0.15) is 0 Å². The van der Waals surface area contributed by atoms with E-state index in [1.807, 2.05) is 13.8 Å². The summed E-state index contributed by atoms with van der Waals surface area (Å²) in [5.74, 6) is 0. The number of benzene rings is 1. The van der Waals surface area contributed by atoms with Gasteiger partial charge >= 0.3 is 0 Å². The third-order valence-electron chi connectivity index (χ3n) is 3.13. The summed E-state index contributed by atoms with van der Waals surface area (Å²) >= 11 is 11.7. The maximum Gasteiger partial charge on any atom is 0.182 e. The molecule has 19 heavy (non-hydrogen) atoms. The van der Waals surface area contributed by atoms with E-state index >= 15 is 0 Å². The number of hydrogen-bond acceptors (Lipinski definition) is 3. The molecule has 0 aromatic heterocycles. The fourth-order valence-corrected chi connectivity index (χ4v) is 3.64. The Balaban J connectivity index is 2.99. The van der Waals surface area contributed by atoms with Crippen molar-refractivity contribution in [3.05, 3.63) is 28.2 Å². The molecule has 0 amide bonds. The zero-order valence-corrected chi connectivity index (χ0v) is 13.6. The Morgan fingerprint density at radius 1 is 1.21 bits per heavy atom. The number of nitrogens with one attached hydrogen (secondary N) is 1. The zero-order valence-electron chi connectivity index (χ0n) is 11.3. The third kappa shape index (κ3) is 4.09. The maximum absolute atomic E-state index is 12.5. The molecule has 0 bridgehead atoms. The lowest BCUT2D eigenvalue weighted by molar-refractivity contribution is 0.509. The van der Waals surface area contributed by atoms with E-state index in [0.717, 1.165) is 13.0 Å². The Bertz CT molecular complexity index is 531. The predicted molar refractivity (Wildman–Crippen MR) is 80.9 cm³/mol. The van der Waals surface area contributed by atoms with Crippen molar-refractivity contribution in [1.82, 2.24) is 5.32 Å². The zero-order chi connectivity index (χ0) is 14.6. The molecule has 1 rings (SSSR count). The second-order valence-electron chi connectivity index (χ2n) is 4.57. The smallest absolute Gasteiger partial charge is 0.182 e. The molecule has 0 radical (unpaired) electrons. The molecule has 1 N–H and O–H groups in total. The van der Waals surface area contributed by atoms with Crippen LogP contribution in [0, 0.1) is 0 Å². The van der Waals surface area contributed by atoms with Crippen LogP contribution in [0.1, 0.15) is 27.2 Å². The normalized spacial score (nSPS) is 15.2. The van der Waals surface area contributed by atoms with Gasteiger partial charge in [0.05, 0.1) is 20.2 Å². The van der Waals surface area contributed by atoms with Crippen LogP contribution >= 0.6 is 23.2 Å². The van der Waals surface area contributed by atoms with E-state index in [9.17, 15) is 8.42 Å². The average molecular weight is 324 g/mol. The van der Waals surface area contributed by atoms with Crippen LogP contribution < -0.4 is 5.32 Å². The van der Waals surface area contributed by atoms with Gasteiger partial charge in [-0.1, -0.05) is 30.1 Å². The van der Waals surface area contributed by atoms with Crippen LogP contribution in [0.15, 0.2) is 23.1 Å². The molecule has 0 spiro atoms. The first kappa shape index (κ1) is 16.8. The Labute approximate surface area is 125 Å². The van der Waals surface area contributed by atoms with Crippen molar-refractivity contribution in [1.29, 1.82) is 0 Å². The third-order valence-corrected chi connectivity index (χ3v) is 6.17. The number of halogens is 2. The summed E-state index contributed by atoms with van der Waals surface area (Å²) in [7, 11) is -3.41. The Morgan fingerprint density at radius 2 is 1.84 bits per heavy atom. The number of rotatable bonds is 6. The second-order valence-corrected chi connectivity index (χ2v) is 7.69. The Hall–Kier alpha value is -0.290. The predicted octanol–water partition coefficient (Wildman–Crippen LogP) is 3.54. The van der Waals surface area contributed by atoms with E-state index in [-0.39, 0.29) is 16.0 Å². The summed E-state index contributed by atoms with van der Waals surface area (Å²) in [5.41, 5.74) is 0. The summed E-state index contributed by atoms with van der Waals surface area (Å²) in [6, 6.07) is 4.28. The molecular formula is C13H19Cl2NO2S. The van der Waals surface area contributed by atoms with Crippen LogP contribution in [-0.2, 0) is 9.84 Å². The topological polar surface area (TPSA) is 46.2 Å². The van der Waals surface area contributed by atoms with Gasteiger partial charge in [0.1, 0.15) is 0 Å². The molecule has 0 aliphatic heterocycles. The van der Waals surface area contributed by atoms with E-state index in [1.165, 1.54) is 18.2 Å². The summed E-state index contributed by atoms with van der Waals surface area (Å²) in [6.45, 7) is 6.40. The van der Waals surface area contributed by atoms with E-state index in [0.29, 0.717) is 5.02 Å². The van der Waals surface area contributed by atoms with Crippen LogP contribution in [0.3, 0.4) is 0 Å². The summed E-state index contributed by atoms with van der Waals surface area (Å²) in [6.07, 6.45) is 0.962. The number of hydrogen-bond donors (Lipinski definition) is 1. The molecule has 0 saturated heterocycles. The first-order valence-corrected chi connectivity index (χ1v) is 8.53. The minimum atomic E-state index is -3.41. The minimum absolute atomic E-state index is 0.126. The highest BCUT2D eigenvalue weighted by atomic mass is 35.5. The molecule has 0 heterocycles. The molecule has 0 saturated carbocycles. The minimum Gasteiger partial charge on any atom is -0.313 e. The lowest BCUT2D eigenvalue weighted by Crippen LogP contribution is -2.40. The van der Waals surface area contributed by atoms with Crippen molar-refractivity contribution in [2.75, 3.05) is 6.54 Å². The van der Waals surface area contributed by atoms with Crippen LogP contribution in [0.4, 0.5) is 0 Å². The van der Waals surface area contributed by atoms with Crippen molar-refractivity contribution >= 4 is 33.0 Å². The highest BCUT2D eigenvalue weighted by molar-refractivity contribution is 7.92. The van der Waals surface area contributed by atoms with Gasteiger partial charge in [-0.15, -0.1) is 0 Å². The van der Waals surface area contributed by atoms with Gasteiger partial charge in [0.25, 0.3) is 0 Å². The van der Waals surface area contributed by atoms with Crippen molar-refractivity contribution < 1.29 is 8.42 Å². The highest BCUT2D eigenvalue weighted by Gasteiger charge is 2.28. The van der Waals surface area contributed by atoms with Gasteiger partial charge in [-0.25, -0.2) is 8.42 Å². The quantitative estimate of drug-likeness (QED) is 0.870. The summed E-state index contributed by atoms with van der Waals surface area (Å²) in [5, 5.41) is 3.27. The summed E-state index contributed by atoms with van der Waals surface area (Å²) < 4.78 is 24.9. The van der Waals surface area contributed by atoms with E-state index in [1.54, 1.807) is 6.92 Å². The fraction of sp³-hybridized carbons (Fsp3) is 0.538. The fourth-order valence-electron chi connectivity index (χ4n) is 1.68. The molecule has 108 valence electrons. The largest absolute Gasteiger partial charge is 0.313 e. The van der Waals surface area contributed by atoms with Gasteiger partial charge in [-0.05, 0) is 45.0 Å². The van der Waals surface area contributed by atoms with Crippen molar-refractivity contribution in [2.24, 2.45) is 0 Å². The van der Waals surface area contributed by atoms with E-state index in [4.69, 9.17) is 23.2 Å². The molecule has 0 aliphatic carbocycles. The lowest BCUT2D eigenvalue weighted by Gasteiger charge is -2.21. The van der Waals surface area contributed by atoms with Crippen molar-refractivity contribution in [2.45, 2.75) is 43.4 Å². The first-order chi connectivity index (χ1) is 8.80. The van der Waals surface area contributed by atoms with Crippen LogP contribution in [-0.4, -0.2) is 26.3 Å². The maximum atomic E-state index is 12.5. The monoisotopic (exact) mass is 323 g/mol. The highest BCUT2D eigenvalue weighted by Crippen LogP contribution is 2.27. The SMILES string of the molecule is CCCNC(C)C(C)S(=O)(=O)c1ccc(Cl)c(Cl)c1. The second kappa shape index (κ2) is 6.93. The standard InChI is InChI=1S/C13H19Cl2NO2S/c1-4-7-16-9(2)10(3)19(17,18)11-5-6-12(14)13(15)8-11/h5-6,8-10,16H,4,7H2,1-3H3. The molecule has 2 atom stereocenters. The van der Waals surface area contributed by atoms with Gasteiger partial charge in [0.15, 0.2) is 9.84 Å². The van der Waals surface area contributed by atoms with Crippen LogP contribution in [0.2, 0.25) is 10.0 Å². The van der Waals surface area contributed by atoms with Gasteiger partial charge in [0.2, 0.25) is 0 Å². The molecular weight excluding hydrogens is 305 g/mol. The van der Waals surface area contributed by atoms with Gasteiger partial charge in [0, 0.05) is 6.04 Å².